The minimum Gasteiger partial charge on any atom is -0.448 e. The van der Waals surface area contributed by atoms with E-state index < -0.39 is 6.09 Å². The van der Waals surface area contributed by atoms with Crippen molar-refractivity contribution in [2.24, 2.45) is 16.8 Å². The standard InChI is InChI=1S/C15H18N2O3/c1-4-20-15(19)16-10-5-6-11-12(9(2)3)8-14(18)17-13(11)7-10/h5-9,11H,4H2,1-3H3,(H,17,18)/b16-10-. The summed E-state index contributed by atoms with van der Waals surface area (Å²) in [6, 6.07) is 0. The Morgan fingerprint density at radius 3 is 2.85 bits per heavy atom. The smallest absolute Gasteiger partial charge is 0.434 e. The molecule has 5 heteroatoms. The first-order valence-corrected chi connectivity index (χ1v) is 6.69. The van der Waals surface area contributed by atoms with Crippen LogP contribution in [0.3, 0.4) is 0 Å². The second kappa shape index (κ2) is 5.86. The minimum absolute atomic E-state index is 0.0499. The van der Waals surface area contributed by atoms with E-state index in [0.717, 1.165) is 11.3 Å². The fourth-order valence-corrected chi connectivity index (χ4v) is 2.28. The summed E-state index contributed by atoms with van der Waals surface area (Å²) in [7, 11) is 0. The molecule has 0 aromatic rings. The van der Waals surface area contributed by atoms with Crippen molar-refractivity contribution in [2.75, 3.05) is 6.61 Å². The molecule has 0 saturated carbocycles. The Morgan fingerprint density at radius 2 is 2.20 bits per heavy atom. The lowest BCUT2D eigenvalue weighted by atomic mass is 9.82. The zero-order chi connectivity index (χ0) is 14.7. The molecule has 2 rings (SSSR count). The molecule has 5 nitrogen and oxygen atoms in total. The summed E-state index contributed by atoms with van der Waals surface area (Å²) >= 11 is 0. The van der Waals surface area contributed by atoms with Gasteiger partial charge < -0.3 is 10.1 Å². The number of rotatable bonds is 2. The highest BCUT2D eigenvalue weighted by molar-refractivity contribution is 6.10. The quantitative estimate of drug-likeness (QED) is 0.840. The van der Waals surface area contributed by atoms with Crippen LogP contribution in [0.1, 0.15) is 20.8 Å². The summed E-state index contributed by atoms with van der Waals surface area (Å²) < 4.78 is 4.77. The van der Waals surface area contributed by atoms with Gasteiger partial charge in [0, 0.05) is 17.7 Å². The molecule has 20 heavy (non-hydrogen) atoms. The Labute approximate surface area is 118 Å². The van der Waals surface area contributed by atoms with Crippen LogP contribution < -0.4 is 5.32 Å². The maximum atomic E-state index is 11.7. The predicted molar refractivity (Wildman–Crippen MR) is 76.2 cm³/mol. The molecule has 1 heterocycles. The van der Waals surface area contributed by atoms with Gasteiger partial charge in [0.05, 0.1) is 12.3 Å². The van der Waals surface area contributed by atoms with Gasteiger partial charge in [0.1, 0.15) is 0 Å². The zero-order valence-electron chi connectivity index (χ0n) is 11.8. The number of nitrogens with one attached hydrogen (secondary N) is 1. The molecule has 0 aromatic carbocycles. The summed E-state index contributed by atoms with van der Waals surface area (Å²) in [5, 5.41) is 2.80. The molecule has 0 radical (unpaired) electrons. The zero-order valence-corrected chi connectivity index (χ0v) is 11.8. The van der Waals surface area contributed by atoms with E-state index >= 15 is 0 Å². The summed E-state index contributed by atoms with van der Waals surface area (Å²) in [6.07, 6.45) is 6.46. The number of ether oxygens (including phenoxy) is 1. The Hall–Kier alpha value is -2.17. The molecular weight excluding hydrogens is 256 g/mol. The van der Waals surface area contributed by atoms with Gasteiger partial charge in [0.25, 0.3) is 0 Å². The van der Waals surface area contributed by atoms with E-state index in [4.69, 9.17) is 4.74 Å². The molecule has 0 aromatic heterocycles. The van der Waals surface area contributed by atoms with Crippen LogP contribution in [-0.2, 0) is 9.53 Å². The molecule has 1 aliphatic carbocycles. The Balaban J connectivity index is 2.27. The van der Waals surface area contributed by atoms with Crippen molar-refractivity contribution >= 4 is 17.7 Å². The maximum Gasteiger partial charge on any atom is 0.434 e. The number of hydrogen-bond acceptors (Lipinski definition) is 3. The molecule has 0 bridgehead atoms. The number of fused-ring (bicyclic) bond motifs is 1. The van der Waals surface area contributed by atoms with Crippen molar-refractivity contribution in [3.8, 4) is 0 Å². The van der Waals surface area contributed by atoms with Gasteiger partial charge in [-0.15, -0.1) is 0 Å². The third-order valence-corrected chi connectivity index (χ3v) is 3.18. The first-order valence-electron chi connectivity index (χ1n) is 6.69. The average Bonchev–Trinajstić information content (AvgIpc) is 2.37. The summed E-state index contributed by atoms with van der Waals surface area (Å²) in [5.41, 5.74) is 2.30. The normalized spacial score (nSPS) is 23.1. The van der Waals surface area contributed by atoms with Crippen molar-refractivity contribution in [1.82, 2.24) is 5.32 Å². The van der Waals surface area contributed by atoms with Crippen molar-refractivity contribution in [3.05, 3.63) is 35.6 Å². The molecule has 106 valence electrons. The maximum absolute atomic E-state index is 11.7. The Kier molecular flexibility index (Phi) is 4.17. The lowest BCUT2D eigenvalue weighted by Crippen LogP contribution is -2.34. The summed E-state index contributed by atoms with van der Waals surface area (Å²) in [6.45, 7) is 6.12. The largest absolute Gasteiger partial charge is 0.448 e. The molecule has 0 spiro atoms. The molecule has 0 saturated heterocycles. The molecule has 0 fully saturated rings. The highest BCUT2D eigenvalue weighted by Crippen LogP contribution is 2.31. The second-order valence-corrected chi connectivity index (χ2v) is 4.96. The van der Waals surface area contributed by atoms with Gasteiger partial charge in [-0.05, 0) is 30.6 Å². The van der Waals surface area contributed by atoms with Gasteiger partial charge in [0.2, 0.25) is 5.91 Å². The van der Waals surface area contributed by atoms with E-state index in [0.29, 0.717) is 5.71 Å². The van der Waals surface area contributed by atoms with Gasteiger partial charge in [-0.25, -0.2) is 4.79 Å². The van der Waals surface area contributed by atoms with Crippen LogP contribution in [0.15, 0.2) is 40.6 Å². The number of aliphatic imine (C=N–C) groups is 1. The third kappa shape index (κ3) is 3.04. The van der Waals surface area contributed by atoms with Crippen LogP contribution >= 0.6 is 0 Å². The first kappa shape index (κ1) is 14.2. The van der Waals surface area contributed by atoms with Crippen LogP contribution in [0.4, 0.5) is 4.79 Å². The first-order chi connectivity index (χ1) is 9.51. The van der Waals surface area contributed by atoms with Gasteiger partial charge in [0.15, 0.2) is 0 Å². The Bertz CT molecular complexity index is 553. The van der Waals surface area contributed by atoms with Gasteiger partial charge in [-0.2, -0.15) is 4.99 Å². The lowest BCUT2D eigenvalue weighted by molar-refractivity contribution is -0.116. The fraction of sp³-hybridized carbons (Fsp3) is 0.400. The molecule has 2 aliphatic rings. The number of allylic oxidation sites excluding steroid dienone is 3. The molecule has 1 aliphatic heterocycles. The summed E-state index contributed by atoms with van der Waals surface area (Å²) in [5.74, 6) is 0.193. The van der Waals surface area contributed by atoms with E-state index in [1.54, 1.807) is 25.2 Å². The average molecular weight is 274 g/mol. The molecular formula is C15H18N2O3. The highest BCUT2D eigenvalue weighted by atomic mass is 16.5. The fourth-order valence-electron chi connectivity index (χ4n) is 2.28. The number of carbonyl (C=O) groups is 2. The third-order valence-electron chi connectivity index (χ3n) is 3.18. The van der Waals surface area contributed by atoms with Crippen LogP contribution in [0.2, 0.25) is 0 Å². The van der Waals surface area contributed by atoms with Gasteiger partial charge in [-0.1, -0.05) is 19.9 Å². The Morgan fingerprint density at radius 1 is 1.45 bits per heavy atom. The van der Waals surface area contributed by atoms with Gasteiger partial charge in [-0.3, -0.25) is 4.79 Å². The number of carbonyl (C=O) groups excluding carboxylic acids is 2. The highest BCUT2D eigenvalue weighted by Gasteiger charge is 2.27. The number of nitrogens with zero attached hydrogens (tertiary/aromatic N) is 1. The topological polar surface area (TPSA) is 67.8 Å². The minimum atomic E-state index is -0.621. The molecule has 1 unspecified atom stereocenters. The second-order valence-electron chi connectivity index (χ2n) is 4.96. The van der Waals surface area contributed by atoms with E-state index in [1.807, 2.05) is 6.08 Å². The number of amides is 2. The van der Waals surface area contributed by atoms with Crippen LogP contribution in [0.5, 0.6) is 0 Å². The van der Waals surface area contributed by atoms with Crippen molar-refractivity contribution in [2.45, 2.75) is 20.8 Å². The van der Waals surface area contributed by atoms with Crippen molar-refractivity contribution in [3.63, 3.8) is 0 Å². The van der Waals surface area contributed by atoms with Crippen LogP contribution in [0, 0.1) is 11.8 Å². The van der Waals surface area contributed by atoms with E-state index in [-0.39, 0.29) is 24.3 Å². The SMILES string of the molecule is CCOC(=O)/N=C1/C=CC2C(=C1)NC(=O)C=C2C(C)C. The van der Waals surface area contributed by atoms with Crippen molar-refractivity contribution < 1.29 is 14.3 Å². The van der Waals surface area contributed by atoms with E-state index in [2.05, 4.69) is 24.2 Å². The predicted octanol–water partition coefficient (Wildman–Crippen LogP) is 2.37. The van der Waals surface area contributed by atoms with E-state index in [1.165, 1.54) is 0 Å². The van der Waals surface area contributed by atoms with Gasteiger partial charge >= 0.3 is 6.09 Å². The molecule has 1 atom stereocenters. The number of hydrogen-bond donors (Lipinski definition) is 1. The molecule has 1 N–H and O–H groups in total. The van der Waals surface area contributed by atoms with Crippen LogP contribution in [-0.4, -0.2) is 24.3 Å². The van der Waals surface area contributed by atoms with E-state index in [9.17, 15) is 9.59 Å². The monoisotopic (exact) mass is 274 g/mol. The molecule has 2 amide bonds. The summed E-state index contributed by atoms with van der Waals surface area (Å²) in [4.78, 5) is 26.9. The van der Waals surface area contributed by atoms with Crippen LogP contribution in [0.25, 0.3) is 0 Å². The van der Waals surface area contributed by atoms with Crippen molar-refractivity contribution in [1.29, 1.82) is 0 Å². The lowest BCUT2D eigenvalue weighted by Gasteiger charge is -2.29.